The van der Waals surface area contributed by atoms with Crippen molar-refractivity contribution >= 4 is 28.6 Å². The van der Waals surface area contributed by atoms with E-state index >= 15 is 0 Å². The Morgan fingerprint density at radius 3 is 2.71 bits per heavy atom. The summed E-state index contributed by atoms with van der Waals surface area (Å²) < 4.78 is 11.3. The van der Waals surface area contributed by atoms with Crippen LogP contribution in [0.15, 0.2) is 24.5 Å². The predicted molar refractivity (Wildman–Crippen MR) is 137 cm³/mol. The topological polar surface area (TPSA) is 100 Å². The standard InChI is InChI=1S/C26H33N7O2/c1-17-13-20(5-4-10-33-14-18(2)35-19(3)15-33)6-7-22(17)30-26-31-24-23(27-16-28-24)25(32-26)29-21-8-11-34-12-9-21/h6-7,13,16,18-19,21H,8-12,14-15H2,1-3H3,(H3,27,28,29,30,31,32). The number of nitrogens with one attached hydrogen (secondary N) is 3. The van der Waals surface area contributed by atoms with E-state index in [1.165, 1.54) is 0 Å². The number of benzene rings is 1. The fraction of sp³-hybridized carbons (Fsp3) is 0.500. The molecule has 2 atom stereocenters. The lowest BCUT2D eigenvalue weighted by Crippen LogP contribution is -2.45. The molecule has 0 radical (unpaired) electrons. The summed E-state index contributed by atoms with van der Waals surface area (Å²) in [6.07, 6.45) is 4.06. The molecule has 0 amide bonds. The molecule has 0 spiro atoms. The molecular formula is C26H33N7O2. The minimum Gasteiger partial charge on any atom is -0.381 e. The van der Waals surface area contributed by atoms with Gasteiger partial charge in [-0.2, -0.15) is 9.97 Å². The monoisotopic (exact) mass is 475 g/mol. The molecule has 4 heterocycles. The van der Waals surface area contributed by atoms with Gasteiger partial charge >= 0.3 is 0 Å². The minimum absolute atomic E-state index is 0.253. The molecule has 184 valence electrons. The number of aromatic nitrogens is 4. The number of imidazole rings is 1. The van der Waals surface area contributed by atoms with E-state index in [1.807, 2.05) is 12.1 Å². The highest BCUT2D eigenvalue weighted by Gasteiger charge is 2.21. The molecule has 35 heavy (non-hydrogen) atoms. The van der Waals surface area contributed by atoms with Crippen molar-refractivity contribution in [1.82, 2.24) is 24.8 Å². The van der Waals surface area contributed by atoms with Gasteiger partial charge in [-0.1, -0.05) is 11.8 Å². The first kappa shape index (κ1) is 23.5. The Morgan fingerprint density at radius 2 is 1.94 bits per heavy atom. The highest BCUT2D eigenvalue weighted by atomic mass is 16.5. The molecule has 3 aromatic rings. The minimum atomic E-state index is 0.253. The number of nitrogens with zero attached hydrogens (tertiary/aromatic N) is 4. The fourth-order valence-corrected chi connectivity index (χ4v) is 4.70. The maximum Gasteiger partial charge on any atom is 0.231 e. The van der Waals surface area contributed by atoms with E-state index in [4.69, 9.17) is 14.5 Å². The van der Waals surface area contributed by atoms with Gasteiger partial charge in [0.1, 0.15) is 5.52 Å². The fourth-order valence-electron chi connectivity index (χ4n) is 4.70. The highest BCUT2D eigenvalue weighted by Crippen LogP contribution is 2.25. The molecular weight excluding hydrogens is 442 g/mol. The first-order valence-electron chi connectivity index (χ1n) is 12.3. The van der Waals surface area contributed by atoms with Gasteiger partial charge in [0.05, 0.1) is 25.1 Å². The van der Waals surface area contributed by atoms with Crippen LogP contribution >= 0.6 is 0 Å². The van der Waals surface area contributed by atoms with Gasteiger partial charge in [0.25, 0.3) is 0 Å². The van der Waals surface area contributed by atoms with Crippen LogP contribution in [0.3, 0.4) is 0 Å². The SMILES string of the molecule is Cc1cc(C#CCN2CC(C)OC(C)C2)ccc1Nc1nc(NC2CCOCC2)c2[nH]cnc2n1. The maximum absolute atomic E-state index is 5.80. The van der Waals surface area contributed by atoms with Crippen molar-refractivity contribution < 1.29 is 9.47 Å². The van der Waals surface area contributed by atoms with Gasteiger partial charge < -0.3 is 25.1 Å². The number of anilines is 3. The zero-order valence-electron chi connectivity index (χ0n) is 20.6. The molecule has 2 aromatic heterocycles. The van der Waals surface area contributed by atoms with E-state index in [0.29, 0.717) is 17.6 Å². The van der Waals surface area contributed by atoms with E-state index in [1.54, 1.807) is 6.33 Å². The lowest BCUT2D eigenvalue weighted by molar-refractivity contribution is -0.0640. The van der Waals surface area contributed by atoms with Crippen LogP contribution < -0.4 is 10.6 Å². The van der Waals surface area contributed by atoms with Crippen LogP contribution in [0.5, 0.6) is 0 Å². The van der Waals surface area contributed by atoms with Crippen LogP contribution in [0, 0.1) is 18.8 Å². The van der Waals surface area contributed by atoms with Gasteiger partial charge in [-0.15, -0.1) is 0 Å². The average molecular weight is 476 g/mol. The smallest absolute Gasteiger partial charge is 0.231 e. The Morgan fingerprint density at radius 1 is 1.14 bits per heavy atom. The average Bonchev–Trinajstić information content (AvgIpc) is 3.30. The molecule has 2 aliphatic heterocycles. The van der Waals surface area contributed by atoms with Crippen molar-refractivity contribution in [3.8, 4) is 11.8 Å². The second-order valence-electron chi connectivity index (χ2n) is 9.44. The first-order chi connectivity index (χ1) is 17.0. The Bertz CT molecular complexity index is 1220. The third kappa shape index (κ3) is 5.90. The van der Waals surface area contributed by atoms with Crippen molar-refractivity contribution in [3.05, 3.63) is 35.7 Å². The summed E-state index contributed by atoms with van der Waals surface area (Å²) in [5, 5.41) is 6.91. The Kier molecular flexibility index (Phi) is 7.13. The highest BCUT2D eigenvalue weighted by molar-refractivity contribution is 5.84. The van der Waals surface area contributed by atoms with Gasteiger partial charge in [0, 0.05) is 43.6 Å². The number of rotatable bonds is 5. The van der Waals surface area contributed by atoms with Crippen LogP contribution in [0.4, 0.5) is 17.5 Å². The molecule has 1 aromatic carbocycles. The van der Waals surface area contributed by atoms with Crippen LogP contribution in [0.1, 0.15) is 37.8 Å². The number of H-pyrrole nitrogens is 1. The van der Waals surface area contributed by atoms with Gasteiger partial charge in [0.15, 0.2) is 11.5 Å². The second-order valence-corrected chi connectivity index (χ2v) is 9.44. The van der Waals surface area contributed by atoms with Gasteiger partial charge in [0.2, 0.25) is 5.95 Å². The number of aromatic amines is 1. The second kappa shape index (κ2) is 10.6. The number of ether oxygens (including phenoxy) is 2. The zero-order chi connectivity index (χ0) is 24.2. The molecule has 0 aliphatic carbocycles. The summed E-state index contributed by atoms with van der Waals surface area (Å²) in [7, 11) is 0. The normalized spacial score (nSPS) is 21.5. The number of hydrogen-bond acceptors (Lipinski definition) is 8. The summed E-state index contributed by atoms with van der Waals surface area (Å²) in [6.45, 7) is 10.4. The van der Waals surface area contributed by atoms with Crippen molar-refractivity contribution in [2.75, 3.05) is 43.5 Å². The number of morpholine rings is 1. The number of hydrogen-bond donors (Lipinski definition) is 3. The lowest BCUT2D eigenvalue weighted by atomic mass is 10.1. The van der Waals surface area contributed by atoms with E-state index in [-0.39, 0.29) is 12.2 Å². The number of fused-ring (bicyclic) bond motifs is 1. The van der Waals surface area contributed by atoms with Crippen molar-refractivity contribution in [1.29, 1.82) is 0 Å². The van der Waals surface area contributed by atoms with E-state index in [2.05, 4.69) is 69.2 Å². The van der Waals surface area contributed by atoms with Crippen LogP contribution in [-0.4, -0.2) is 75.9 Å². The lowest BCUT2D eigenvalue weighted by Gasteiger charge is -2.34. The Labute approximate surface area is 206 Å². The molecule has 3 N–H and O–H groups in total. The molecule has 0 bridgehead atoms. The summed E-state index contributed by atoms with van der Waals surface area (Å²) in [4.78, 5) is 19.2. The van der Waals surface area contributed by atoms with Crippen molar-refractivity contribution in [3.63, 3.8) is 0 Å². The Balaban J connectivity index is 1.28. The summed E-state index contributed by atoms with van der Waals surface area (Å²) >= 11 is 0. The third-order valence-corrected chi connectivity index (χ3v) is 6.35. The quantitative estimate of drug-likeness (QED) is 0.483. The van der Waals surface area contributed by atoms with Crippen LogP contribution in [0.25, 0.3) is 11.2 Å². The maximum atomic E-state index is 5.80. The predicted octanol–water partition coefficient (Wildman–Crippen LogP) is 3.46. The molecule has 0 saturated carbocycles. The van der Waals surface area contributed by atoms with Crippen molar-refractivity contribution in [2.45, 2.75) is 51.9 Å². The largest absolute Gasteiger partial charge is 0.381 e. The van der Waals surface area contributed by atoms with E-state index in [9.17, 15) is 0 Å². The van der Waals surface area contributed by atoms with E-state index in [0.717, 1.165) is 73.8 Å². The van der Waals surface area contributed by atoms with Gasteiger partial charge in [-0.05, 0) is 57.4 Å². The van der Waals surface area contributed by atoms with Crippen LogP contribution in [-0.2, 0) is 9.47 Å². The molecule has 2 fully saturated rings. The van der Waals surface area contributed by atoms with Crippen LogP contribution in [0.2, 0.25) is 0 Å². The van der Waals surface area contributed by atoms with E-state index < -0.39 is 0 Å². The zero-order valence-corrected chi connectivity index (χ0v) is 20.6. The molecule has 2 saturated heterocycles. The molecule has 2 unspecified atom stereocenters. The first-order valence-corrected chi connectivity index (χ1v) is 12.3. The summed E-state index contributed by atoms with van der Waals surface area (Å²) in [6, 6.07) is 6.47. The third-order valence-electron chi connectivity index (χ3n) is 6.35. The molecule has 9 heteroatoms. The molecule has 9 nitrogen and oxygen atoms in total. The number of aryl methyl sites for hydroxylation is 1. The Hall–Kier alpha value is -3.19. The van der Waals surface area contributed by atoms with Gasteiger partial charge in [-0.25, -0.2) is 4.98 Å². The summed E-state index contributed by atoms with van der Waals surface area (Å²) in [5.41, 5.74) is 4.46. The molecule has 2 aliphatic rings. The summed E-state index contributed by atoms with van der Waals surface area (Å²) in [5.74, 6) is 7.89. The van der Waals surface area contributed by atoms with Gasteiger partial charge in [-0.3, -0.25) is 4.90 Å². The van der Waals surface area contributed by atoms with Crippen molar-refractivity contribution in [2.24, 2.45) is 0 Å². The molecule has 5 rings (SSSR count).